The van der Waals surface area contributed by atoms with Crippen LogP contribution in [0, 0.1) is 6.92 Å². The molecule has 0 fully saturated rings. The lowest BCUT2D eigenvalue weighted by molar-refractivity contribution is -0.140. The summed E-state index contributed by atoms with van der Waals surface area (Å²) in [4.78, 5) is 28.8. The van der Waals surface area contributed by atoms with Crippen molar-refractivity contribution in [1.29, 1.82) is 0 Å². The summed E-state index contributed by atoms with van der Waals surface area (Å²) in [6.07, 6.45) is 2.08. The van der Waals surface area contributed by atoms with Crippen molar-refractivity contribution in [3.05, 3.63) is 88.9 Å². The number of halogens is 1. The van der Waals surface area contributed by atoms with Gasteiger partial charge in [-0.25, -0.2) is 8.42 Å². The number of hydrogen-bond acceptors (Lipinski definition) is 5. The van der Waals surface area contributed by atoms with Crippen LogP contribution in [-0.2, 0) is 26.2 Å². The third kappa shape index (κ3) is 8.47. The Morgan fingerprint density at radius 3 is 2.15 bits per heavy atom. The van der Waals surface area contributed by atoms with Crippen molar-refractivity contribution in [2.24, 2.45) is 0 Å². The van der Waals surface area contributed by atoms with Crippen LogP contribution in [0.25, 0.3) is 0 Å². The van der Waals surface area contributed by atoms with Gasteiger partial charge in [0.2, 0.25) is 11.8 Å². The molecule has 220 valence electrons. The van der Waals surface area contributed by atoms with Crippen LogP contribution in [0.2, 0.25) is 5.02 Å². The molecule has 0 spiro atoms. The molecular weight excluding hydrogens is 562 g/mol. The number of methoxy groups -OCH3 is 1. The number of sulfonamides is 1. The normalized spacial score (nSPS) is 11.9. The quantitative estimate of drug-likeness (QED) is 0.244. The molecular formula is C31H38ClN3O5S. The number of carbonyl (C=O) groups excluding carboxylic acids is 2. The number of nitrogens with zero attached hydrogens (tertiary/aromatic N) is 2. The average molecular weight is 600 g/mol. The van der Waals surface area contributed by atoms with E-state index in [0.717, 1.165) is 28.3 Å². The lowest BCUT2D eigenvalue weighted by Gasteiger charge is -2.33. The highest BCUT2D eigenvalue weighted by Gasteiger charge is 2.33. The van der Waals surface area contributed by atoms with E-state index in [9.17, 15) is 18.0 Å². The molecule has 0 aliphatic carbocycles. The summed E-state index contributed by atoms with van der Waals surface area (Å²) >= 11 is 6.08. The Balaban J connectivity index is 2.02. The Morgan fingerprint density at radius 2 is 1.59 bits per heavy atom. The molecule has 0 radical (unpaired) electrons. The molecule has 0 aromatic heterocycles. The Morgan fingerprint density at radius 1 is 0.951 bits per heavy atom. The van der Waals surface area contributed by atoms with Gasteiger partial charge in [-0.3, -0.25) is 13.9 Å². The van der Waals surface area contributed by atoms with E-state index in [1.54, 1.807) is 55.6 Å². The van der Waals surface area contributed by atoms with Crippen molar-refractivity contribution in [1.82, 2.24) is 10.2 Å². The van der Waals surface area contributed by atoms with Crippen LogP contribution in [0.15, 0.2) is 77.7 Å². The van der Waals surface area contributed by atoms with Gasteiger partial charge in [0, 0.05) is 18.1 Å². The summed E-state index contributed by atoms with van der Waals surface area (Å²) in [5.74, 6) is -0.125. The second kappa shape index (κ2) is 14.9. The SMILES string of the molecule is CCCCNC(=O)C(CC)N(Cc1ccc(OC)cc1)C(=O)CN(c1ccc(Cl)cc1)S(=O)(=O)c1ccc(C)cc1. The lowest BCUT2D eigenvalue weighted by atomic mass is 10.1. The van der Waals surface area contributed by atoms with Crippen molar-refractivity contribution in [3.8, 4) is 5.75 Å². The molecule has 0 aliphatic rings. The van der Waals surface area contributed by atoms with Crippen LogP contribution in [0.3, 0.4) is 0 Å². The molecule has 1 unspecified atom stereocenters. The van der Waals surface area contributed by atoms with E-state index in [4.69, 9.17) is 16.3 Å². The van der Waals surface area contributed by atoms with Crippen LogP contribution < -0.4 is 14.4 Å². The van der Waals surface area contributed by atoms with E-state index in [1.807, 2.05) is 32.9 Å². The first-order chi connectivity index (χ1) is 19.6. The van der Waals surface area contributed by atoms with Crippen molar-refractivity contribution >= 4 is 39.1 Å². The number of carbonyl (C=O) groups is 2. The van der Waals surface area contributed by atoms with E-state index in [1.165, 1.54) is 17.0 Å². The first kappa shape index (κ1) is 32.0. The van der Waals surface area contributed by atoms with E-state index in [-0.39, 0.29) is 23.0 Å². The van der Waals surface area contributed by atoms with Gasteiger partial charge in [0.1, 0.15) is 18.3 Å². The second-order valence-corrected chi connectivity index (χ2v) is 12.0. The van der Waals surface area contributed by atoms with Crippen LogP contribution in [0.4, 0.5) is 5.69 Å². The first-order valence-electron chi connectivity index (χ1n) is 13.7. The zero-order valence-electron chi connectivity index (χ0n) is 24.0. The maximum Gasteiger partial charge on any atom is 0.264 e. The fraction of sp³-hybridized carbons (Fsp3) is 0.355. The molecule has 10 heteroatoms. The Hall–Kier alpha value is -3.56. The molecule has 3 aromatic rings. The van der Waals surface area contributed by atoms with Crippen molar-refractivity contribution in [2.75, 3.05) is 24.5 Å². The summed E-state index contributed by atoms with van der Waals surface area (Å²) in [5.41, 5.74) is 1.97. The Kier molecular flexibility index (Phi) is 11.6. The van der Waals surface area contributed by atoms with Gasteiger partial charge in [0.05, 0.1) is 17.7 Å². The molecule has 0 bridgehead atoms. The van der Waals surface area contributed by atoms with Gasteiger partial charge >= 0.3 is 0 Å². The molecule has 1 atom stereocenters. The fourth-order valence-corrected chi connectivity index (χ4v) is 5.87. The van der Waals surface area contributed by atoms with Gasteiger partial charge in [0.25, 0.3) is 10.0 Å². The highest BCUT2D eigenvalue weighted by atomic mass is 35.5. The molecule has 0 saturated heterocycles. The standard InChI is InChI=1S/C31H38ClN3O5S/c1-5-7-20-33-31(37)29(6-2)34(21-24-10-16-27(40-4)17-11-24)30(36)22-35(26-14-12-25(32)13-15-26)41(38,39)28-18-8-23(3)9-19-28/h8-19,29H,5-7,20-22H2,1-4H3,(H,33,37). The zero-order valence-corrected chi connectivity index (χ0v) is 25.5. The lowest BCUT2D eigenvalue weighted by Crippen LogP contribution is -2.52. The highest BCUT2D eigenvalue weighted by molar-refractivity contribution is 7.92. The summed E-state index contributed by atoms with van der Waals surface area (Å²) in [5, 5.41) is 3.36. The van der Waals surface area contributed by atoms with Crippen LogP contribution in [0.5, 0.6) is 5.75 Å². The zero-order chi connectivity index (χ0) is 30.0. The predicted molar refractivity (Wildman–Crippen MR) is 163 cm³/mol. The van der Waals surface area contributed by atoms with E-state index < -0.39 is 28.5 Å². The van der Waals surface area contributed by atoms with Crippen molar-refractivity contribution in [3.63, 3.8) is 0 Å². The van der Waals surface area contributed by atoms with Crippen molar-refractivity contribution < 1.29 is 22.7 Å². The second-order valence-electron chi connectivity index (χ2n) is 9.74. The smallest absolute Gasteiger partial charge is 0.264 e. The fourth-order valence-electron chi connectivity index (χ4n) is 4.33. The minimum absolute atomic E-state index is 0.0527. The van der Waals surface area contributed by atoms with Gasteiger partial charge in [-0.15, -0.1) is 0 Å². The number of ether oxygens (including phenoxy) is 1. The molecule has 0 heterocycles. The highest BCUT2D eigenvalue weighted by Crippen LogP contribution is 2.26. The molecule has 3 rings (SSSR count). The molecule has 0 saturated carbocycles. The van der Waals surface area contributed by atoms with Gasteiger partial charge < -0.3 is 15.0 Å². The van der Waals surface area contributed by atoms with Crippen LogP contribution >= 0.6 is 11.6 Å². The number of anilines is 1. The average Bonchev–Trinajstić information content (AvgIpc) is 2.97. The maximum atomic E-state index is 14.1. The molecule has 0 aliphatic heterocycles. The Bertz CT molecular complexity index is 1400. The number of nitrogens with one attached hydrogen (secondary N) is 1. The monoisotopic (exact) mass is 599 g/mol. The predicted octanol–water partition coefficient (Wildman–Crippen LogP) is 5.58. The third-order valence-corrected chi connectivity index (χ3v) is 8.77. The Labute approximate surface area is 248 Å². The first-order valence-corrected chi connectivity index (χ1v) is 15.5. The number of unbranched alkanes of at least 4 members (excludes halogenated alkanes) is 1. The van der Waals surface area contributed by atoms with E-state index >= 15 is 0 Å². The number of benzene rings is 3. The summed E-state index contributed by atoms with van der Waals surface area (Å²) in [6.45, 7) is 5.83. The number of aryl methyl sites for hydroxylation is 1. The molecule has 3 aromatic carbocycles. The van der Waals surface area contributed by atoms with Crippen LogP contribution in [-0.4, -0.2) is 51.4 Å². The molecule has 2 amide bonds. The van der Waals surface area contributed by atoms with Gasteiger partial charge in [0.15, 0.2) is 0 Å². The molecule has 41 heavy (non-hydrogen) atoms. The van der Waals surface area contributed by atoms with Gasteiger partial charge in [-0.2, -0.15) is 0 Å². The number of amides is 2. The summed E-state index contributed by atoms with van der Waals surface area (Å²) in [7, 11) is -2.57. The molecule has 1 N–H and O–H groups in total. The summed E-state index contributed by atoms with van der Waals surface area (Å²) < 4.78 is 34.1. The maximum absolute atomic E-state index is 14.1. The topological polar surface area (TPSA) is 96.0 Å². The van der Waals surface area contributed by atoms with E-state index in [2.05, 4.69) is 5.32 Å². The van der Waals surface area contributed by atoms with E-state index in [0.29, 0.717) is 23.7 Å². The largest absolute Gasteiger partial charge is 0.497 e. The minimum Gasteiger partial charge on any atom is -0.497 e. The summed E-state index contributed by atoms with van der Waals surface area (Å²) in [6, 6.07) is 19.1. The molecule has 8 nitrogen and oxygen atoms in total. The third-order valence-electron chi connectivity index (χ3n) is 6.73. The van der Waals surface area contributed by atoms with Gasteiger partial charge in [-0.05, 0) is 73.9 Å². The number of hydrogen-bond donors (Lipinski definition) is 1. The van der Waals surface area contributed by atoms with Crippen molar-refractivity contribution in [2.45, 2.75) is 57.5 Å². The minimum atomic E-state index is -4.14. The van der Waals surface area contributed by atoms with Crippen LogP contribution in [0.1, 0.15) is 44.2 Å². The van der Waals surface area contributed by atoms with Gasteiger partial charge in [-0.1, -0.05) is 61.7 Å². The number of rotatable bonds is 14.